The molecule has 1 heterocycles. The van der Waals surface area contributed by atoms with Gasteiger partial charge >= 0.3 is 0 Å². The highest BCUT2D eigenvalue weighted by Gasteiger charge is 2.28. The summed E-state index contributed by atoms with van der Waals surface area (Å²) in [6.45, 7) is 4.48. The van der Waals surface area contributed by atoms with E-state index in [4.69, 9.17) is 11.6 Å². The van der Waals surface area contributed by atoms with Crippen LogP contribution in [0.2, 0.25) is 5.02 Å². The monoisotopic (exact) mass is 320 g/mol. The molecule has 3 rings (SSSR count). The molecule has 0 radical (unpaired) electrons. The van der Waals surface area contributed by atoms with E-state index < -0.39 is 0 Å². The van der Waals surface area contributed by atoms with Crippen molar-refractivity contribution < 1.29 is 4.79 Å². The van der Waals surface area contributed by atoms with Crippen LogP contribution in [-0.4, -0.2) is 36.0 Å². The van der Waals surface area contributed by atoms with Crippen LogP contribution in [0.3, 0.4) is 0 Å². The Morgan fingerprint density at radius 3 is 2.50 bits per heavy atom. The Hall–Kier alpha value is -1.06. The van der Waals surface area contributed by atoms with Crippen LogP contribution in [0.4, 0.5) is 0 Å². The molecule has 1 N–H and O–H groups in total. The summed E-state index contributed by atoms with van der Waals surface area (Å²) in [5.74, 6) is 0.00604. The summed E-state index contributed by atoms with van der Waals surface area (Å²) in [7, 11) is 0. The van der Waals surface area contributed by atoms with Crippen molar-refractivity contribution in [2.45, 2.75) is 57.5 Å². The topological polar surface area (TPSA) is 32.3 Å². The van der Waals surface area contributed by atoms with Crippen molar-refractivity contribution >= 4 is 17.5 Å². The number of halogens is 1. The van der Waals surface area contributed by atoms with Gasteiger partial charge in [-0.05, 0) is 76.2 Å². The van der Waals surface area contributed by atoms with Gasteiger partial charge < -0.3 is 10.2 Å². The first-order valence-electron chi connectivity index (χ1n) is 8.44. The van der Waals surface area contributed by atoms with Crippen molar-refractivity contribution in [2.24, 2.45) is 0 Å². The summed E-state index contributed by atoms with van der Waals surface area (Å²) in [6.07, 6.45) is 7.30. The number of carbonyl (C=O) groups excluding carboxylic acids is 1. The van der Waals surface area contributed by atoms with Crippen LogP contribution in [0.25, 0.3) is 0 Å². The lowest BCUT2D eigenvalue weighted by molar-refractivity contribution is 0.0911. The predicted octanol–water partition coefficient (Wildman–Crippen LogP) is 3.79. The average molecular weight is 321 g/mol. The zero-order valence-electron chi connectivity index (χ0n) is 13.3. The molecule has 0 aromatic heterocycles. The molecule has 2 fully saturated rings. The molecule has 1 aliphatic heterocycles. The summed E-state index contributed by atoms with van der Waals surface area (Å²) >= 11 is 6.11. The van der Waals surface area contributed by atoms with Gasteiger partial charge in [-0.3, -0.25) is 4.79 Å². The lowest BCUT2D eigenvalue weighted by atomic mass is 9.90. The Morgan fingerprint density at radius 2 is 1.86 bits per heavy atom. The second-order valence-electron chi connectivity index (χ2n) is 6.69. The minimum Gasteiger partial charge on any atom is -0.349 e. The molecule has 0 unspecified atom stereocenters. The number of aryl methyl sites for hydroxylation is 1. The van der Waals surface area contributed by atoms with Crippen molar-refractivity contribution in [3.63, 3.8) is 0 Å². The normalized spacial score (nSPS) is 26.1. The van der Waals surface area contributed by atoms with Gasteiger partial charge in [0.1, 0.15) is 0 Å². The summed E-state index contributed by atoms with van der Waals surface area (Å²) in [5, 5.41) is 3.83. The molecule has 120 valence electrons. The SMILES string of the molecule is Cc1ccc(C(=O)NC2CCC(N3CCCC3)CC2)cc1Cl. The van der Waals surface area contributed by atoms with E-state index in [1.54, 1.807) is 6.07 Å². The number of carbonyl (C=O) groups is 1. The lowest BCUT2D eigenvalue weighted by Gasteiger charge is -2.34. The van der Waals surface area contributed by atoms with Crippen molar-refractivity contribution in [1.29, 1.82) is 0 Å². The molecular formula is C18H25ClN2O. The van der Waals surface area contributed by atoms with Gasteiger partial charge in [0.15, 0.2) is 0 Å². The number of hydrogen-bond acceptors (Lipinski definition) is 2. The quantitative estimate of drug-likeness (QED) is 0.919. The molecule has 1 aromatic carbocycles. The Balaban J connectivity index is 1.51. The highest BCUT2D eigenvalue weighted by molar-refractivity contribution is 6.31. The number of amides is 1. The van der Waals surface area contributed by atoms with E-state index in [0.717, 1.165) is 24.4 Å². The maximum absolute atomic E-state index is 12.3. The molecule has 1 aliphatic carbocycles. The number of nitrogens with one attached hydrogen (secondary N) is 1. The minimum absolute atomic E-state index is 0.00604. The van der Waals surface area contributed by atoms with E-state index in [2.05, 4.69) is 10.2 Å². The molecule has 1 amide bonds. The largest absolute Gasteiger partial charge is 0.349 e. The second-order valence-corrected chi connectivity index (χ2v) is 7.09. The summed E-state index contributed by atoms with van der Waals surface area (Å²) in [5.41, 5.74) is 1.67. The number of benzene rings is 1. The van der Waals surface area contributed by atoms with E-state index in [1.165, 1.54) is 38.8 Å². The number of nitrogens with zero attached hydrogens (tertiary/aromatic N) is 1. The van der Waals surface area contributed by atoms with Crippen LogP contribution in [0.1, 0.15) is 54.4 Å². The molecule has 1 saturated heterocycles. The van der Waals surface area contributed by atoms with Gasteiger partial charge in [-0.2, -0.15) is 0 Å². The van der Waals surface area contributed by atoms with Crippen LogP contribution in [0, 0.1) is 6.92 Å². The van der Waals surface area contributed by atoms with Crippen molar-refractivity contribution in [1.82, 2.24) is 10.2 Å². The van der Waals surface area contributed by atoms with Crippen molar-refractivity contribution in [3.8, 4) is 0 Å². The third-order valence-electron chi connectivity index (χ3n) is 5.12. The fraction of sp³-hybridized carbons (Fsp3) is 0.611. The molecule has 1 aromatic rings. The third kappa shape index (κ3) is 3.64. The predicted molar refractivity (Wildman–Crippen MR) is 90.5 cm³/mol. The zero-order valence-corrected chi connectivity index (χ0v) is 14.0. The van der Waals surface area contributed by atoms with Gasteiger partial charge in [0.05, 0.1) is 0 Å². The average Bonchev–Trinajstić information content (AvgIpc) is 3.05. The number of rotatable bonds is 3. The summed E-state index contributed by atoms with van der Waals surface area (Å²) < 4.78 is 0. The fourth-order valence-electron chi connectivity index (χ4n) is 3.69. The first-order chi connectivity index (χ1) is 10.6. The maximum atomic E-state index is 12.3. The maximum Gasteiger partial charge on any atom is 0.251 e. The third-order valence-corrected chi connectivity index (χ3v) is 5.53. The van der Waals surface area contributed by atoms with Gasteiger partial charge in [-0.1, -0.05) is 17.7 Å². The molecule has 22 heavy (non-hydrogen) atoms. The van der Waals surface area contributed by atoms with E-state index in [1.807, 2.05) is 19.1 Å². The highest BCUT2D eigenvalue weighted by Crippen LogP contribution is 2.26. The standard InChI is InChI=1S/C18H25ClN2O/c1-13-4-5-14(12-17(13)19)18(22)20-15-6-8-16(9-7-15)21-10-2-3-11-21/h4-5,12,15-16H,2-3,6-11H2,1H3,(H,20,22). The second kappa shape index (κ2) is 7.01. The molecule has 3 nitrogen and oxygen atoms in total. The smallest absolute Gasteiger partial charge is 0.251 e. The first-order valence-corrected chi connectivity index (χ1v) is 8.82. The van der Waals surface area contributed by atoms with Crippen LogP contribution in [0.5, 0.6) is 0 Å². The van der Waals surface area contributed by atoms with E-state index in [0.29, 0.717) is 16.6 Å². The number of hydrogen-bond donors (Lipinski definition) is 1. The fourth-order valence-corrected chi connectivity index (χ4v) is 3.88. The van der Waals surface area contributed by atoms with E-state index in [-0.39, 0.29) is 5.91 Å². The minimum atomic E-state index is 0.00604. The van der Waals surface area contributed by atoms with Gasteiger partial charge in [0.25, 0.3) is 5.91 Å². The van der Waals surface area contributed by atoms with Gasteiger partial charge in [0.2, 0.25) is 0 Å². The van der Waals surface area contributed by atoms with Crippen LogP contribution in [0.15, 0.2) is 18.2 Å². The van der Waals surface area contributed by atoms with Gasteiger partial charge in [-0.15, -0.1) is 0 Å². The number of likely N-dealkylation sites (tertiary alicyclic amines) is 1. The molecule has 4 heteroatoms. The van der Waals surface area contributed by atoms with Crippen molar-refractivity contribution in [3.05, 3.63) is 34.3 Å². The van der Waals surface area contributed by atoms with Crippen LogP contribution < -0.4 is 5.32 Å². The first kappa shape index (κ1) is 15.8. The Bertz CT molecular complexity index is 532. The van der Waals surface area contributed by atoms with E-state index in [9.17, 15) is 4.79 Å². The molecule has 0 bridgehead atoms. The summed E-state index contributed by atoms with van der Waals surface area (Å²) in [6, 6.07) is 6.58. The molecule has 0 spiro atoms. The van der Waals surface area contributed by atoms with Crippen molar-refractivity contribution in [2.75, 3.05) is 13.1 Å². The zero-order chi connectivity index (χ0) is 15.5. The molecule has 2 aliphatic rings. The van der Waals surface area contributed by atoms with Crippen LogP contribution in [-0.2, 0) is 0 Å². The van der Waals surface area contributed by atoms with E-state index >= 15 is 0 Å². The Labute approximate surface area is 138 Å². The molecule has 1 saturated carbocycles. The lowest BCUT2D eigenvalue weighted by Crippen LogP contribution is -2.43. The molecular weight excluding hydrogens is 296 g/mol. The van der Waals surface area contributed by atoms with Gasteiger partial charge in [0, 0.05) is 22.7 Å². The molecule has 0 atom stereocenters. The van der Waals surface area contributed by atoms with Crippen LogP contribution >= 0.6 is 11.6 Å². The Kier molecular flexibility index (Phi) is 5.04. The summed E-state index contributed by atoms with van der Waals surface area (Å²) in [4.78, 5) is 15.0. The Morgan fingerprint density at radius 1 is 1.18 bits per heavy atom. The van der Waals surface area contributed by atoms with Gasteiger partial charge in [-0.25, -0.2) is 0 Å². The highest BCUT2D eigenvalue weighted by atomic mass is 35.5.